The van der Waals surface area contributed by atoms with Gasteiger partial charge in [-0.05, 0) is 30.3 Å². The zero-order chi connectivity index (χ0) is 21.8. The van der Waals surface area contributed by atoms with Crippen LogP contribution in [0, 0.1) is 10.1 Å². The maximum atomic E-state index is 12.2. The number of hydrogen-bond donors (Lipinski definition) is 2. The van der Waals surface area contributed by atoms with Crippen molar-refractivity contribution in [2.45, 2.75) is 0 Å². The number of H-pyrrole nitrogens is 1. The Labute approximate surface area is 168 Å². The third-order valence-corrected chi connectivity index (χ3v) is 4.16. The molecule has 2 aromatic carbocycles. The lowest BCUT2D eigenvalue weighted by Crippen LogP contribution is -2.31. The van der Waals surface area contributed by atoms with Gasteiger partial charge >= 0.3 is 5.69 Å². The quantitative estimate of drug-likeness (QED) is 0.357. The van der Waals surface area contributed by atoms with Crippen molar-refractivity contribution in [1.82, 2.24) is 9.55 Å². The van der Waals surface area contributed by atoms with Gasteiger partial charge in [-0.15, -0.1) is 0 Å². The fourth-order valence-electron chi connectivity index (χ4n) is 2.65. The first kappa shape index (κ1) is 20.3. The molecule has 154 valence electrons. The molecule has 11 heteroatoms. The molecule has 0 saturated heterocycles. The SMILES string of the molecule is COc1ccc(-n2c(O)c(C=Nc3cc([N+](=O)[O-])ccc3OC)c(=O)[nH]c2=O)cc1. The van der Waals surface area contributed by atoms with Gasteiger partial charge in [-0.3, -0.25) is 24.9 Å². The summed E-state index contributed by atoms with van der Waals surface area (Å²) < 4.78 is 11.0. The first-order valence-corrected chi connectivity index (χ1v) is 8.45. The zero-order valence-corrected chi connectivity index (χ0v) is 15.9. The van der Waals surface area contributed by atoms with Crippen molar-refractivity contribution in [3.8, 4) is 23.1 Å². The molecule has 3 aromatic rings. The van der Waals surface area contributed by atoms with Crippen LogP contribution in [-0.4, -0.2) is 40.0 Å². The smallest absolute Gasteiger partial charge is 0.335 e. The third kappa shape index (κ3) is 3.90. The minimum absolute atomic E-state index is 0.0627. The van der Waals surface area contributed by atoms with Crippen LogP contribution in [-0.2, 0) is 0 Å². The van der Waals surface area contributed by atoms with E-state index in [0.717, 1.165) is 16.8 Å². The predicted octanol–water partition coefficient (Wildman–Crippen LogP) is 1.91. The summed E-state index contributed by atoms with van der Waals surface area (Å²) in [6.07, 6.45) is 0.995. The van der Waals surface area contributed by atoms with Crippen molar-refractivity contribution < 1.29 is 19.5 Å². The molecule has 30 heavy (non-hydrogen) atoms. The number of aromatic hydroxyl groups is 1. The second-order valence-corrected chi connectivity index (χ2v) is 5.90. The molecule has 2 N–H and O–H groups in total. The minimum atomic E-state index is -0.879. The van der Waals surface area contributed by atoms with E-state index in [1.807, 2.05) is 0 Å². The average Bonchev–Trinajstić information content (AvgIpc) is 2.73. The van der Waals surface area contributed by atoms with Crippen LogP contribution in [0.4, 0.5) is 11.4 Å². The molecule has 0 unspecified atom stereocenters. The molecular formula is C19H16N4O7. The normalized spacial score (nSPS) is 10.9. The molecule has 0 amide bonds. The van der Waals surface area contributed by atoms with Crippen LogP contribution in [0.3, 0.4) is 0 Å². The molecule has 0 aliphatic heterocycles. The number of hydrogen-bond acceptors (Lipinski definition) is 8. The molecule has 0 radical (unpaired) electrons. The molecule has 1 aromatic heterocycles. The van der Waals surface area contributed by atoms with Crippen LogP contribution >= 0.6 is 0 Å². The maximum absolute atomic E-state index is 12.2. The van der Waals surface area contributed by atoms with E-state index in [4.69, 9.17) is 9.47 Å². The Balaban J connectivity index is 2.11. The van der Waals surface area contributed by atoms with E-state index in [-0.39, 0.29) is 28.4 Å². The Morgan fingerprint density at radius 2 is 1.83 bits per heavy atom. The van der Waals surface area contributed by atoms with Gasteiger partial charge in [0.25, 0.3) is 11.2 Å². The lowest BCUT2D eigenvalue weighted by molar-refractivity contribution is -0.384. The van der Waals surface area contributed by atoms with Gasteiger partial charge in [0.05, 0.1) is 24.8 Å². The monoisotopic (exact) mass is 412 g/mol. The number of aromatic nitrogens is 2. The lowest BCUT2D eigenvalue weighted by Gasteiger charge is -2.10. The average molecular weight is 412 g/mol. The Morgan fingerprint density at radius 1 is 1.13 bits per heavy atom. The number of nitro groups is 1. The molecular weight excluding hydrogens is 396 g/mol. The Morgan fingerprint density at radius 3 is 2.43 bits per heavy atom. The van der Waals surface area contributed by atoms with Crippen molar-refractivity contribution in [3.05, 3.63) is 79.0 Å². The van der Waals surface area contributed by atoms with Gasteiger partial charge < -0.3 is 14.6 Å². The van der Waals surface area contributed by atoms with Crippen molar-refractivity contribution in [2.24, 2.45) is 4.99 Å². The van der Waals surface area contributed by atoms with E-state index in [1.54, 1.807) is 12.1 Å². The Bertz CT molecular complexity index is 1240. The van der Waals surface area contributed by atoms with E-state index >= 15 is 0 Å². The summed E-state index contributed by atoms with van der Waals surface area (Å²) in [5.74, 6) is 0.105. The molecule has 0 fully saturated rings. The summed E-state index contributed by atoms with van der Waals surface area (Å²) in [5.41, 5.74) is -1.95. The number of nitrogens with one attached hydrogen (secondary N) is 1. The maximum Gasteiger partial charge on any atom is 0.335 e. The van der Waals surface area contributed by atoms with Gasteiger partial charge in [0, 0.05) is 18.3 Å². The molecule has 0 atom stereocenters. The van der Waals surface area contributed by atoms with Crippen LogP contribution in [0.15, 0.2) is 57.0 Å². The number of aromatic amines is 1. The summed E-state index contributed by atoms with van der Waals surface area (Å²) in [4.78, 5) is 41.0. The van der Waals surface area contributed by atoms with Crippen LogP contribution in [0.2, 0.25) is 0 Å². The number of aliphatic imine (C=N–C) groups is 1. The van der Waals surface area contributed by atoms with Crippen molar-refractivity contribution >= 4 is 17.6 Å². The van der Waals surface area contributed by atoms with E-state index in [9.17, 15) is 24.8 Å². The highest BCUT2D eigenvalue weighted by molar-refractivity contribution is 5.85. The minimum Gasteiger partial charge on any atom is -0.497 e. The second-order valence-electron chi connectivity index (χ2n) is 5.90. The van der Waals surface area contributed by atoms with Crippen molar-refractivity contribution in [2.75, 3.05) is 14.2 Å². The van der Waals surface area contributed by atoms with Gasteiger partial charge in [0.1, 0.15) is 22.7 Å². The molecule has 3 rings (SSSR count). The summed E-state index contributed by atoms with van der Waals surface area (Å²) in [6.45, 7) is 0. The fraction of sp³-hybridized carbons (Fsp3) is 0.105. The van der Waals surface area contributed by atoms with Crippen LogP contribution in [0.25, 0.3) is 5.69 Å². The van der Waals surface area contributed by atoms with Gasteiger partial charge in [0.15, 0.2) is 0 Å². The van der Waals surface area contributed by atoms with Crippen molar-refractivity contribution in [1.29, 1.82) is 0 Å². The largest absolute Gasteiger partial charge is 0.497 e. The summed E-state index contributed by atoms with van der Waals surface area (Å²) >= 11 is 0. The molecule has 0 spiro atoms. The second kappa shape index (κ2) is 8.31. The van der Waals surface area contributed by atoms with Crippen LogP contribution < -0.4 is 20.7 Å². The van der Waals surface area contributed by atoms with E-state index < -0.39 is 22.1 Å². The highest BCUT2D eigenvalue weighted by atomic mass is 16.6. The number of methoxy groups -OCH3 is 2. The summed E-state index contributed by atoms with van der Waals surface area (Å²) in [6, 6.07) is 9.94. The van der Waals surface area contributed by atoms with Crippen LogP contribution in [0.1, 0.15) is 5.56 Å². The highest BCUT2D eigenvalue weighted by Crippen LogP contribution is 2.31. The van der Waals surface area contributed by atoms with Gasteiger partial charge in [-0.25, -0.2) is 9.36 Å². The first-order valence-electron chi connectivity index (χ1n) is 8.45. The molecule has 0 saturated carbocycles. The Kier molecular flexibility index (Phi) is 5.63. The molecule has 0 aliphatic carbocycles. The number of nitrogens with zero attached hydrogens (tertiary/aromatic N) is 3. The molecule has 0 aliphatic rings. The molecule has 1 heterocycles. The topological polar surface area (TPSA) is 149 Å². The molecule has 11 nitrogen and oxygen atoms in total. The van der Waals surface area contributed by atoms with E-state index in [1.165, 1.54) is 38.5 Å². The van der Waals surface area contributed by atoms with E-state index in [2.05, 4.69) is 9.98 Å². The lowest BCUT2D eigenvalue weighted by atomic mass is 10.2. The first-order chi connectivity index (χ1) is 14.3. The number of rotatable bonds is 6. The predicted molar refractivity (Wildman–Crippen MR) is 108 cm³/mol. The fourth-order valence-corrected chi connectivity index (χ4v) is 2.65. The van der Waals surface area contributed by atoms with Crippen molar-refractivity contribution in [3.63, 3.8) is 0 Å². The number of benzene rings is 2. The molecule has 0 bridgehead atoms. The van der Waals surface area contributed by atoms with E-state index in [0.29, 0.717) is 5.75 Å². The number of ether oxygens (including phenoxy) is 2. The standard InChI is InChI=1S/C19H16N4O7/c1-29-13-6-3-11(4-7-13)22-18(25)14(17(24)21-19(22)26)10-20-15-9-12(23(27)28)5-8-16(15)30-2/h3-10,25H,1-2H3,(H,21,24,26). The summed E-state index contributed by atoms with van der Waals surface area (Å²) in [7, 11) is 2.84. The number of nitro benzene ring substituents is 1. The van der Waals surface area contributed by atoms with Gasteiger partial charge in [-0.1, -0.05) is 0 Å². The Hall–Kier alpha value is -4.41. The summed E-state index contributed by atoms with van der Waals surface area (Å²) in [5, 5.41) is 21.5. The number of non-ortho nitro benzene ring substituents is 1. The van der Waals surface area contributed by atoms with Crippen LogP contribution in [0.5, 0.6) is 17.4 Å². The van der Waals surface area contributed by atoms with Gasteiger partial charge in [-0.2, -0.15) is 0 Å². The third-order valence-electron chi connectivity index (χ3n) is 4.16. The zero-order valence-electron chi connectivity index (χ0n) is 15.9. The highest BCUT2D eigenvalue weighted by Gasteiger charge is 2.15. The van der Waals surface area contributed by atoms with Gasteiger partial charge in [0.2, 0.25) is 5.88 Å².